The topological polar surface area (TPSA) is 32.8 Å². The van der Waals surface area contributed by atoms with Crippen LogP contribution in [0.15, 0.2) is 42.5 Å². The highest BCUT2D eigenvalue weighted by Gasteiger charge is 2.25. The number of hydrogen-bond acceptors (Lipinski definition) is 3. The van der Waals surface area contributed by atoms with Gasteiger partial charge in [-0.25, -0.2) is 0 Å². The SMILES string of the molecule is COc1ccccc1C(=O)N1CCN(c2cc(Cl)ccc2Cl)CC1. The van der Waals surface area contributed by atoms with Crippen LogP contribution in [0.4, 0.5) is 5.69 Å². The molecule has 3 rings (SSSR count). The van der Waals surface area contributed by atoms with E-state index in [9.17, 15) is 4.79 Å². The molecule has 1 saturated heterocycles. The summed E-state index contributed by atoms with van der Waals surface area (Å²) < 4.78 is 5.29. The Balaban J connectivity index is 1.71. The number of hydrogen-bond donors (Lipinski definition) is 0. The monoisotopic (exact) mass is 364 g/mol. The third-order valence-electron chi connectivity index (χ3n) is 4.15. The van der Waals surface area contributed by atoms with E-state index < -0.39 is 0 Å². The molecule has 1 amide bonds. The van der Waals surface area contributed by atoms with Crippen molar-refractivity contribution in [2.45, 2.75) is 0 Å². The Morgan fingerprint density at radius 2 is 1.75 bits per heavy atom. The maximum absolute atomic E-state index is 12.7. The molecule has 0 N–H and O–H groups in total. The molecule has 1 aliphatic heterocycles. The summed E-state index contributed by atoms with van der Waals surface area (Å²) in [5, 5.41) is 1.32. The first kappa shape index (κ1) is 16.9. The molecule has 0 aromatic heterocycles. The van der Waals surface area contributed by atoms with E-state index in [4.69, 9.17) is 27.9 Å². The summed E-state index contributed by atoms with van der Waals surface area (Å²) in [6, 6.07) is 12.7. The average Bonchev–Trinajstić information content (AvgIpc) is 2.63. The van der Waals surface area contributed by atoms with Crippen molar-refractivity contribution in [2.75, 3.05) is 38.2 Å². The molecular formula is C18H18Cl2N2O2. The van der Waals surface area contributed by atoms with Gasteiger partial charge in [0, 0.05) is 31.2 Å². The molecule has 0 saturated carbocycles. The number of anilines is 1. The fourth-order valence-electron chi connectivity index (χ4n) is 2.87. The van der Waals surface area contributed by atoms with Crippen LogP contribution in [0.5, 0.6) is 5.75 Å². The lowest BCUT2D eigenvalue weighted by Crippen LogP contribution is -2.49. The molecule has 6 heteroatoms. The predicted octanol–water partition coefficient (Wildman–Crippen LogP) is 3.96. The largest absolute Gasteiger partial charge is 0.496 e. The van der Waals surface area contributed by atoms with E-state index in [0.29, 0.717) is 47.5 Å². The second-order valence-corrected chi connectivity index (χ2v) is 6.42. The Morgan fingerprint density at radius 3 is 2.46 bits per heavy atom. The van der Waals surface area contributed by atoms with E-state index in [0.717, 1.165) is 5.69 Å². The Kier molecular flexibility index (Phi) is 5.17. The lowest BCUT2D eigenvalue weighted by molar-refractivity contribution is 0.0743. The number of nitrogens with zero attached hydrogens (tertiary/aromatic N) is 2. The van der Waals surface area contributed by atoms with Crippen LogP contribution in [0.25, 0.3) is 0 Å². The number of methoxy groups -OCH3 is 1. The van der Waals surface area contributed by atoms with Gasteiger partial charge in [0.1, 0.15) is 5.75 Å². The van der Waals surface area contributed by atoms with Gasteiger partial charge in [0.05, 0.1) is 23.4 Å². The normalized spacial score (nSPS) is 14.6. The van der Waals surface area contributed by atoms with E-state index >= 15 is 0 Å². The van der Waals surface area contributed by atoms with Crippen LogP contribution in [0, 0.1) is 0 Å². The molecule has 126 valence electrons. The average molecular weight is 365 g/mol. The second-order valence-electron chi connectivity index (χ2n) is 5.58. The summed E-state index contributed by atoms with van der Waals surface area (Å²) in [4.78, 5) is 16.7. The Hall–Kier alpha value is -1.91. The summed E-state index contributed by atoms with van der Waals surface area (Å²) in [7, 11) is 1.57. The third kappa shape index (κ3) is 3.45. The minimum atomic E-state index is -0.00992. The number of amides is 1. The van der Waals surface area contributed by atoms with Crippen molar-refractivity contribution in [3.63, 3.8) is 0 Å². The second kappa shape index (κ2) is 7.32. The molecular weight excluding hydrogens is 347 g/mol. The number of para-hydroxylation sites is 1. The van der Waals surface area contributed by atoms with Crippen molar-refractivity contribution >= 4 is 34.8 Å². The van der Waals surface area contributed by atoms with Crippen LogP contribution < -0.4 is 9.64 Å². The lowest BCUT2D eigenvalue weighted by Gasteiger charge is -2.36. The first-order valence-electron chi connectivity index (χ1n) is 7.72. The van der Waals surface area contributed by atoms with Crippen molar-refractivity contribution in [3.05, 3.63) is 58.1 Å². The minimum absolute atomic E-state index is 0.00992. The molecule has 2 aromatic carbocycles. The number of carbonyl (C=O) groups excluding carboxylic acids is 1. The van der Waals surface area contributed by atoms with Crippen molar-refractivity contribution in [1.82, 2.24) is 4.90 Å². The molecule has 0 radical (unpaired) electrons. The summed E-state index contributed by atoms with van der Waals surface area (Å²) >= 11 is 12.3. The van der Waals surface area contributed by atoms with Crippen LogP contribution in [0.3, 0.4) is 0 Å². The molecule has 1 heterocycles. The molecule has 1 fully saturated rings. The van der Waals surface area contributed by atoms with Gasteiger partial charge in [-0.15, -0.1) is 0 Å². The summed E-state index contributed by atoms with van der Waals surface area (Å²) in [5.74, 6) is 0.590. The van der Waals surface area contributed by atoms with Gasteiger partial charge in [0.15, 0.2) is 0 Å². The summed E-state index contributed by atoms with van der Waals surface area (Å²) in [6.07, 6.45) is 0. The van der Waals surface area contributed by atoms with E-state index in [2.05, 4.69) is 4.90 Å². The number of benzene rings is 2. The van der Waals surface area contributed by atoms with Crippen LogP contribution in [-0.2, 0) is 0 Å². The summed E-state index contributed by atoms with van der Waals surface area (Å²) in [6.45, 7) is 2.67. The number of piperazine rings is 1. The fraction of sp³-hybridized carbons (Fsp3) is 0.278. The van der Waals surface area contributed by atoms with Crippen molar-refractivity contribution in [2.24, 2.45) is 0 Å². The van der Waals surface area contributed by atoms with Gasteiger partial charge < -0.3 is 14.5 Å². The zero-order valence-corrected chi connectivity index (χ0v) is 14.8. The Bertz CT molecular complexity index is 744. The lowest BCUT2D eigenvalue weighted by atomic mass is 10.1. The molecule has 0 aliphatic carbocycles. The van der Waals surface area contributed by atoms with Crippen LogP contribution >= 0.6 is 23.2 Å². The van der Waals surface area contributed by atoms with Crippen molar-refractivity contribution in [1.29, 1.82) is 0 Å². The summed E-state index contributed by atoms with van der Waals surface area (Å²) in [5.41, 5.74) is 1.50. The zero-order chi connectivity index (χ0) is 17.1. The van der Waals surface area contributed by atoms with Gasteiger partial charge in [-0.2, -0.15) is 0 Å². The van der Waals surface area contributed by atoms with E-state index in [-0.39, 0.29) is 5.91 Å². The van der Waals surface area contributed by atoms with Crippen LogP contribution in [0.1, 0.15) is 10.4 Å². The number of ether oxygens (including phenoxy) is 1. The van der Waals surface area contributed by atoms with Gasteiger partial charge in [-0.3, -0.25) is 4.79 Å². The Labute approximate surface area is 151 Å². The van der Waals surface area contributed by atoms with E-state index in [1.165, 1.54) is 0 Å². The van der Waals surface area contributed by atoms with Crippen LogP contribution in [-0.4, -0.2) is 44.1 Å². The molecule has 2 aromatic rings. The molecule has 1 aliphatic rings. The van der Waals surface area contributed by atoms with E-state index in [1.54, 1.807) is 31.4 Å². The maximum atomic E-state index is 12.7. The van der Waals surface area contributed by atoms with Gasteiger partial charge in [-0.05, 0) is 30.3 Å². The molecule has 0 bridgehead atoms. The standard InChI is InChI=1S/C18H18Cl2N2O2/c1-24-17-5-3-2-4-14(17)18(23)22-10-8-21(9-11-22)16-12-13(19)6-7-15(16)20/h2-7,12H,8-11H2,1H3. The zero-order valence-electron chi connectivity index (χ0n) is 13.3. The first-order valence-corrected chi connectivity index (χ1v) is 8.48. The van der Waals surface area contributed by atoms with Crippen molar-refractivity contribution < 1.29 is 9.53 Å². The quantitative estimate of drug-likeness (QED) is 0.825. The molecule has 0 spiro atoms. The maximum Gasteiger partial charge on any atom is 0.257 e. The van der Waals surface area contributed by atoms with Gasteiger partial charge in [0.2, 0.25) is 0 Å². The van der Waals surface area contributed by atoms with Gasteiger partial charge in [0.25, 0.3) is 5.91 Å². The highest BCUT2D eigenvalue weighted by molar-refractivity contribution is 6.35. The molecule has 4 nitrogen and oxygen atoms in total. The van der Waals surface area contributed by atoms with Crippen LogP contribution in [0.2, 0.25) is 10.0 Å². The Morgan fingerprint density at radius 1 is 1.04 bits per heavy atom. The van der Waals surface area contributed by atoms with Gasteiger partial charge >= 0.3 is 0 Å². The number of halogens is 2. The molecule has 0 unspecified atom stereocenters. The smallest absolute Gasteiger partial charge is 0.257 e. The first-order chi connectivity index (χ1) is 11.6. The fourth-order valence-corrected chi connectivity index (χ4v) is 3.27. The number of carbonyl (C=O) groups is 1. The highest BCUT2D eigenvalue weighted by Crippen LogP contribution is 2.30. The number of rotatable bonds is 3. The van der Waals surface area contributed by atoms with E-state index in [1.807, 2.05) is 23.1 Å². The highest BCUT2D eigenvalue weighted by atomic mass is 35.5. The van der Waals surface area contributed by atoms with Crippen molar-refractivity contribution in [3.8, 4) is 5.75 Å². The predicted molar refractivity (Wildman–Crippen MR) is 97.6 cm³/mol. The third-order valence-corrected chi connectivity index (χ3v) is 4.71. The minimum Gasteiger partial charge on any atom is -0.496 e. The molecule has 0 atom stereocenters. The van der Waals surface area contributed by atoms with Gasteiger partial charge in [-0.1, -0.05) is 35.3 Å². The molecule has 24 heavy (non-hydrogen) atoms.